The fraction of sp³-hybridized carbons (Fsp3) is 0.455. The largest absolute Gasteiger partial charge is 0.497 e. The second-order valence-electron chi connectivity index (χ2n) is 7.90. The van der Waals surface area contributed by atoms with E-state index in [4.69, 9.17) is 4.74 Å². The first-order valence-electron chi connectivity index (χ1n) is 9.83. The van der Waals surface area contributed by atoms with Gasteiger partial charge in [0.1, 0.15) is 13.6 Å². The lowest BCUT2D eigenvalue weighted by molar-refractivity contribution is 0.246. The molecule has 0 bridgehead atoms. The van der Waals surface area contributed by atoms with Crippen molar-refractivity contribution >= 4 is 19.0 Å². The summed E-state index contributed by atoms with van der Waals surface area (Å²) in [7, 11) is 3.85. The number of rotatable bonds is 5. The molecule has 1 saturated carbocycles. The Bertz CT molecular complexity index is 770. The van der Waals surface area contributed by atoms with E-state index in [0.717, 1.165) is 43.8 Å². The molecule has 2 aromatic rings. The molecule has 1 aliphatic heterocycles. The van der Waals surface area contributed by atoms with Crippen molar-refractivity contribution < 1.29 is 4.74 Å². The molecule has 4 heteroatoms. The van der Waals surface area contributed by atoms with Crippen LogP contribution in [0.2, 0.25) is 0 Å². The number of hydrogen-bond donors (Lipinski definition) is 0. The van der Waals surface area contributed by atoms with Gasteiger partial charge >= 0.3 is 0 Å². The van der Waals surface area contributed by atoms with E-state index in [-0.39, 0.29) is 0 Å². The molecule has 4 rings (SSSR count). The Hall–Kier alpha value is -1.94. The van der Waals surface area contributed by atoms with E-state index in [1.807, 2.05) is 0 Å². The molecule has 0 radical (unpaired) electrons. The maximum atomic E-state index is 5.48. The molecule has 3 nitrogen and oxygen atoms in total. The second kappa shape index (κ2) is 7.36. The van der Waals surface area contributed by atoms with E-state index >= 15 is 0 Å². The van der Waals surface area contributed by atoms with Crippen molar-refractivity contribution in [2.24, 2.45) is 5.92 Å². The lowest BCUT2D eigenvalue weighted by atomic mass is 9.94. The predicted molar refractivity (Wildman–Crippen MR) is 112 cm³/mol. The third kappa shape index (κ3) is 3.61. The number of aryl methyl sites for hydroxylation is 1. The van der Waals surface area contributed by atoms with E-state index in [1.54, 1.807) is 12.7 Å². The van der Waals surface area contributed by atoms with Gasteiger partial charge in [-0.3, -0.25) is 4.90 Å². The summed E-state index contributed by atoms with van der Waals surface area (Å²) < 4.78 is 5.48. The van der Waals surface area contributed by atoms with Crippen LogP contribution in [-0.4, -0.2) is 52.6 Å². The fourth-order valence-electron chi connectivity index (χ4n) is 4.36. The predicted octanol–water partition coefficient (Wildman–Crippen LogP) is 2.19. The number of piperazine rings is 1. The van der Waals surface area contributed by atoms with Gasteiger partial charge in [0.2, 0.25) is 0 Å². The first-order valence-corrected chi connectivity index (χ1v) is 9.83. The monoisotopic (exact) mass is 348 g/mol. The Labute approximate surface area is 158 Å². The Morgan fingerprint density at radius 3 is 2.58 bits per heavy atom. The Morgan fingerprint density at radius 1 is 1.08 bits per heavy atom. The van der Waals surface area contributed by atoms with Crippen LogP contribution in [0.4, 0.5) is 5.69 Å². The van der Waals surface area contributed by atoms with Gasteiger partial charge in [-0.15, -0.1) is 0 Å². The summed E-state index contributed by atoms with van der Waals surface area (Å²) >= 11 is 0. The number of benzene rings is 2. The van der Waals surface area contributed by atoms with E-state index < -0.39 is 0 Å². The Balaban J connectivity index is 1.30. The minimum atomic E-state index is 0.788. The molecule has 0 amide bonds. The highest BCUT2D eigenvalue weighted by Gasteiger charge is 2.40. The standard InChI is InChI=1S/C22H29BN2O/c1-16-5-3-4-6-19(16)20-13-17(20)15-24-9-11-25(12-10-24)18-7-8-21(23)22(14-18)26-2/h3-8,14,17,20H,9-13,15,23H2,1-2H3/t17-,20+/m1/s1. The van der Waals surface area contributed by atoms with Gasteiger partial charge in [-0.05, 0) is 47.8 Å². The molecule has 136 valence electrons. The third-order valence-electron chi connectivity index (χ3n) is 6.13. The second-order valence-corrected chi connectivity index (χ2v) is 7.90. The van der Waals surface area contributed by atoms with Crippen LogP contribution in [0.1, 0.15) is 23.5 Å². The molecule has 0 N–H and O–H groups in total. The van der Waals surface area contributed by atoms with Crippen molar-refractivity contribution in [2.75, 3.05) is 44.7 Å². The normalized spacial score (nSPS) is 23.1. The average molecular weight is 348 g/mol. The summed E-state index contributed by atoms with van der Waals surface area (Å²) in [6.45, 7) is 8.03. The molecule has 1 aliphatic carbocycles. The van der Waals surface area contributed by atoms with Crippen LogP contribution >= 0.6 is 0 Å². The molecule has 0 unspecified atom stereocenters. The lowest BCUT2D eigenvalue weighted by Gasteiger charge is -2.36. The highest BCUT2D eigenvalue weighted by Crippen LogP contribution is 2.48. The Morgan fingerprint density at radius 2 is 1.85 bits per heavy atom. The van der Waals surface area contributed by atoms with Gasteiger partial charge in [0.25, 0.3) is 0 Å². The van der Waals surface area contributed by atoms with Crippen LogP contribution in [0.5, 0.6) is 5.75 Å². The zero-order valence-corrected chi connectivity index (χ0v) is 16.2. The minimum absolute atomic E-state index is 0.788. The molecule has 2 fully saturated rings. The number of methoxy groups -OCH3 is 1. The quantitative estimate of drug-likeness (QED) is 0.771. The lowest BCUT2D eigenvalue weighted by Crippen LogP contribution is -2.47. The van der Waals surface area contributed by atoms with Crippen molar-refractivity contribution in [3.8, 4) is 5.75 Å². The van der Waals surface area contributed by atoms with Gasteiger partial charge in [0.15, 0.2) is 0 Å². The molecule has 1 heterocycles. The molecular formula is C22H29BN2O. The molecule has 0 spiro atoms. The smallest absolute Gasteiger partial charge is 0.144 e. The summed E-state index contributed by atoms with van der Waals surface area (Å²) in [5.74, 6) is 2.63. The van der Waals surface area contributed by atoms with Gasteiger partial charge < -0.3 is 9.64 Å². The fourth-order valence-corrected chi connectivity index (χ4v) is 4.36. The van der Waals surface area contributed by atoms with Crippen molar-refractivity contribution in [3.63, 3.8) is 0 Å². The maximum Gasteiger partial charge on any atom is 0.144 e. The van der Waals surface area contributed by atoms with Gasteiger partial charge in [-0.2, -0.15) is 0 Å². The zero-order chi connectivity index (χ0) is 18.1. The van der Waals surface area contributed by atoms with Gasteiger partial charge in [-0.25, -0.2) is 0 Å². The summed E-state index contributed by atoms with van der Waals surface area (Å²) in [5.41, 5.74) is 5.52. The molecule has 2 aromatic carbocycles. The molecule has 26 heavy (non-hydrogen) atoms. The van der Waals surface area contributed by atoms with E-state index in [1.165, 1.54) is 29.7 Å². The average Bonchev–Trinajstić information content (AvgIpc) is 3.42. The molecule has 2 atom stereocenters. The summed E-state index contributed by atoms with van der Waals surface area (Å²) in [6.07, 6.45) is 1.36. The topological polar surface area (TPSA) is 15.7 Å². The van der Waals surface area contributed by atoms with Crippen molar-refractivity contribution in [1.29, 1.82) is 0 Å². The van der Waals surface area contributed by atoms with Crippen molar-refractivity contribution in [3.05, 3.63) is 53.6 Å². The van der Waals surface area contributed by atoms with Crippen LogP contribution in [0.3, 0.4) is 0 Å². The van der Waals surface area contributed by atoms with Crippen LogP contribution in [0, 0.1) is 12.8 Å². The van der Waals surface area contributed by atoms with E-state index in [9.17, 15) is 0 Å². The SMILES string of the molecule is Bc1ccc(N2CCN(C[C@H]3C[C@@H]3c3ccccc3C)CC2)cc1OC. The van der Waals surface area contributed by atoms with Crippen LogP contribution in [0.25, 0.3) is 0 Å². The molecule has 0 aromatic heterocycles. The first kappa shape index (κ1) is 17.5. The summed E-state index contributed by atoms with van der Waals surface area (Å²) in [4.78, 5) is 5.15. The highest BCUT2D eigenvalue weighted by atomic mass is 16.5. The highest BCUT2D eigenvalue weighted by molar-refractivity contribution is 6.34. The zero-order valence-electron chi connectivity index (χ0n) is 16.2. The minimum Gasteiger partial charge on any atom is -0.497 e. The Kier molecular flexibility index (Phi) is 4.95. The van der Waals surface area contributed by atoms with Crippen LogP contribution in [-0.2, 0) is 0 Å². The van der Waals surface area contributed by atoms with E-state index in [0.29, 0.717) is 0 Å². The van der Waals surface area contributed by atoms with Crippen molar-refractivity contribution in [2.45, 2.75) is 19.3 Å². The number of ether oxygens (including phenoxy) is 1. The summed E-state index contributed by atoms with van der Waals surface area (Å²) in [6, 6.07) is 15.5. The molecular weight excluding hydrogens is 319 g/mol. The third-order valence-corrected chi connectivity index (χ3v) is 6.13. The number of hydrogen-bond acceptors (Lipinski definition) is 3. The number of nitrogens with zero attached hydrogens (tertiary/aromatic N) is 2. The van der Waals surface area contributed by atoms with Gasteiger partial charge in [0.05, 0.1) is 7.11 Å². The molecule has 2 aliphatic rings. The van der Waals surface area contributed by atoms with E-state index in [2.05, 4.69) is 67.0 Å². The van der Waals surface area contributed by atoms with Gasteiger partial charge in [-0.1, -0.05) is 30.3 Å². The maximum absolute atomic E-state index is 5.48. The van der Waals surface area contributed by atoms with Crippen LogP contribution < -0.4 is 15.1 Å². The van der Waals surface area contributed by atoms with Crippen molar-refractivity contribution in [1.82, 2.24) is 4.90 Å². The molecule has 1 saturated heterocycles. The van der Waals surface area contributed by atoms with Gasteiger partial charge in [0, 0.05) is 44.5 Å². The summed E-state index contributed by atoms with van der Waals surface area (Å²) in [5, 5.41) is 0. The van der Waals surface area contributed by atoms with Crippen LogP contribution in [0.15, 0.2) is 42.5 Å². The first-order chi connectivity index (χ1) is 12.7. The number of anilines is 1.